The molecule has 0 fully saturated rings. The zero-order chi connectivity index (χ0) is 9.68. The average Bonchev–Trinajstić information content (AvgIpc) is 2.17. The summed E-state index contributed by atoms with van der Waals surface area (Å²) in [5, 5.41) is 0. The largest absolute Gasteiger partial charge is 0.399 e. The molecule has 0 unspecified atom stereocenters. The van der Waals surface area contributed by atoms with Crippen molar-refractivity contribution in [2.24, 2.45) is 0 Å². The van der Waals surface area contributed by atoms with Gasteiger partial charge >= 0.3 is 0 Å². The summed E-state index contributed by atoms with van der Waals surface area (Å²) < 4.78 is 0. The molecule has 1 aromatic rings. The third-order valence-electron chi connectivity index (χ3n) is 2.20. The van der Waals surface area contributed by atoms with E-state index in [-0.39, 0.29) is 0 Å². The smallest absolute Gasteiger partial charge is 0.0346 e. The topological polar surface area (TPSA) is 26.0 Å². The van der Waals surface area contributed by atoms with E-state index in [1.807, 2.05) is 18.2 Å². The minimum Gasteiger partial charge on any atom is -0.399 e. The van der Waals surface area contributed by atoms with Gasteiger partial charge < -0.3 is 5.73 Å². The maximum atomic E-state index is 5.85. The summed E-state index contributed by atoms with van der Waals surface area (Å²) in [7, 11) is 0. The average molecular weight is 175 g/mol. The number of hydrogen-bond acceptors (Lipinski definition) is 1. The minimum absolute atomic E-state index is 0.902. The van der Waals surface area contributed by atoms with Gasteiger partial charge in [-0.1, -0.05) is 32.1 Å². The summed E-state index contributed by atoms with van der Waals surface area (Å²) in [4.78, 5) is 0. The van der Waals surface area contributed by atoms with Crippen molar-refractivity contribution in [3.63, 3.8) is 0 Å². The van der Waals surface area contributed by atoms with Crippen LogP contribution < -0.4 is 5.73 Å². The summed E-state index contributed by atoms with van der Waals surface area (Å²) >= 11 is 0. The highest BCUT2D eigenvalue weighted by atomic mass is 14.6. The van der Waals surface area contributed by atoms with Crippen LogP contribution in [-0.4, -0.2) is 0 Å². The molecule has 0 saturated carbocycles. The summed E-state index contributed by atoms with van der Waals surface area (Å²) in [5.74, 6) is 0. The fraction of sp³-hybridized carbons (Fsp3) is 0.333. The second-order valence-electron chi connectivity index (χ2n) is 3.27. The molecular formula is C12H17N. The van der Waals surface area contributed by atoms with Crippen molar-refractivity contribution in [2.75, 3.05) is 5.73 Å². The summed E-state index contributed by atoms with van der Waals surface area (Å²) in [6, 6.07) is 6.08. The number of nitrogen functional groups attached to an aromatic ring is 1. The molecule has 1 heteroatoms. The Bertz CT molecular complexity index is 289. The summed E-state index contributed by atoms with van der Waals surface area (Å²) in [6.45, 7) is 5.93. The molecule has 1 rings (SSSR count). The maximum Gasteiger partial charge on any atom is 0.0346 e. The van der Waals surface area contributed by atoms with Gasteiger partial charge in [-0.05, 0) is 36.1 Å². The SMILES string of the molecule is C=Cc1ccc(N)c(CCCC)c1. The normalized spacial score (nSPS) is 9.92. The van der Waals surface area contributed by atoms with E-state index in [2.05, 4.69) is 19.6 Å². The number of unbranched alkanes of at least 4 members (excludes halogenated alkanes) is 1. The lowest BCUT2D eigenvalue weighted by atomic mass is 10.0. The van der Waals surface area contributed by atoms with Crippen molar-refractivity contribution >= 4 is 11.8 Å². The van der Waals surface area contributed by atoms with Gasteiger partial charge in [-0.3, -0.25) is 0 Å². The molecule has 1 aromatic carbocycles. The monoisotopic (exact) mass is 175 g/mol. The van der Waals surface area contributed by atoms with Crippen LogP contribution >= 0.6 is 0 Å². The van der Waals surface area contributed by atoms with Gasteiger partial charge in [0.25, 0.3) is 0 Å². The highest BCUT2D eigenvalue weighted by Gasteiger charge is 1.98. The van der Waals surface area contributed by atoms with Crippen LogP contribution in [0.1, 0.15) is 30.9 Å². The van der Waals surface area contributed by atoms with E-state index < -0.39 is 0 Å². The summed E-state index contributed by atoms with van der Waals surface area (Å²) in [6.07, 6.45) is 5.33. The van der Waals surface area contributed by atoms with Gasteiger partial charge in [0, 0.05) is 5.69 Å². The molecular weight excluding hydrogens is 158 g/mol. The molecule has 0 aliphatic heterocycles. The van der Waals surface area contributed by atoms with Crippen LogP contribution in [0.2, 0.25) is 0 Å². The molecule has 0 amide bonds. The first-order chi connectivity index (χ1) is 6.27. The van der Waals surface area contributed by atoms with Crippen molar-refractivity contribution in [1.82, 2.24) is 0 Å². The second kappa shape index (κ2) is 4.70. The Kier molecular flexibility index (Phi) is 3.56. The van der Waals surface area contributed by atoms with Crippen LogP contribution in [-0.2, 0) is 6.42 Å². The number of benzene rings is 1. The Morgan fingerprint density at radius 3 is 2.85 bits per heavy atom. The Morgan fingerprint density at radius 1 is 1.46 bits per heavy atom. The van der Waals surface area contributed by atoms with Gasteiger partial charge in [-0.15, -0.1) is 0 Å². The van der Waals surface area contributed by atoms with E-state index in [0.29, 0.717) is 0 Å². The third kappa shape index (κ3) is 2.62. The Hall–Kier alpha value is -1.24. The predicted molar refractivity (Wildman–Crippen MR) is 59.6 cm³/mol. The van der Waals surface area contributed by atoms with Crippen LogP contribution in [0, 0.1) is 0 Å². The Morgan fingerprint density at radius 2 is 2.23 bits per heavy atom. The molecule has 0 heterocycles. The van der Waals surface area contributed by atoms with Crippen LogP contribution in [0.4, 0.5) is 5.69 Å². The van der Waals surface area contributed by atoms with E-state index in [1.54, 1.807) is 0 Å². The zero-order valence-electron chi connectivity index (χ0n) is 8.22. The Balaban J connectivity index is 2.83. The predicted octanol–water partition coefficient (Wildman–Crippen LogP) is 3.25. The van der Waals surface area contributed by atoms with E-state index in [0.717, 1.165) is 17.7 Å². The van der Waals surface area contributed by atoms with Crippen molar-refractivity contribution in [3.05, 3.63) is 35.9 Å². The molecule has 0 spiro atoms. The molecule has 0 radical (unpaired) electrons. The minimum atomic E-state index is 0.902. The van der Waals surface area contributed by atoms with Gasteiger partial charge in [0.05, 0.1) is 0 Å². The molecule has 13 heavy (non-hydrogen) atoms. The first kappa shape index (κ1) is 9.85. The lowest BCUT2D eigenvalue weighted by molar-refractivity contribution is 0.796. The van der Waals surface area contributed by atoms with Crippen molar-refractivity contribution in [1.29, 1.82) is 0 Å². The molecule has 0 aliphatic carbocycles. The molecule has 0 saturated heterocycles. The highest BCUT2D eigenvalue weighted by molar-refractivity contribution is 5.56. The van der Waals surface area contributed by atoms with E-state index in [1.165, 1.54) is 18.4 Å². The van der Waals surface area contributed by atoms with E-state index in [9.17, 15) is 0 Å². The van der Waals surface area contributed by atoms with E-state index in [4.69, 9.17) is 5.73 Å². The van der Waals surface area contributed by atoms with E-state index >= 15 is 0 Å². The Labute approximate surface area is 80.3 Å². The van der Waals surface area contributed by atoms with Crippen molar-refractivity contribution in [3.8, 4) is 0 Å². The highest BCUT2D eigenvalue weighted by Crippen LogP contribution is 2.17. The maximum absolute atomic E-state index is 5.85. The van der Waals surface area contributed by atoms with Gasteiger partial charge in [0.2, 0.25) is 0 Å². The van der Waals surface area contributed by atoms with Gasteiger partial charge in [0.15, 0.2) is 0 Å². The number of anilines is 1. The zero-order valence-corrected chi connectivity index (χ0v) is 8.22. The lowest BCUT2D eigenvalue weighted by Gasteiger charge is -2.05. The van der Waals surface area contributed by atoms with Crippen LogP contribution in [0.3, 0.4) is 0 Å². The van der Waals surface area contributed by atoms with Crippen LogP contribution in [0.25, 0.3) is 6.08 Å². The van der Waals surface area contributed by atoms with Crippen molar-refractivity contribution in [2.45, 2.75) is 26.2 Å². The lowest BCUT2D eigenvalue weighted by Crippen LogP contribution is -1.94. The quantitative estimate of drug-likeness (QED) is 0.698. The number of nitrogens with two attached hydrogens (primary N) is 1. The van der Waals surface area contributed by atoms with Crippen molar-refractivity contribution < 1.29 is 0 Å². The molecule has 0 aromatic heterocycles. The number of rotatable bonds is 4. The van der Waals surface area contributed by atoms with Crippen LogP contribution in [0.15, 0.2) is 24.8 Å². The number of hydrogen-bond donors (Lipinski definition) is 1. The molecule has 2 N–H and O–H groups in total. The van der Waals surface area contributed by atoms with Gasteiger partial charge in [-0.2, -0.15) is 0 Å². The molecule has 70 valence electrons. The molecule has 1 nitrogen and oxygen atoms in total. The van der Waals surface area contributed by atoms with Gasteiger partial charge in [0.1, 0.15) is 0 Å². The fourth-order valence-corrected chi connectivity index (χ4v) is 1.34. The van der Waals surface area contributed by atoms with Crippen LogP contribution in [0.5, 0.6) is 0 Å². The summed E-state index contributed by atoms with van der Waals surface area (Å²) in [5.41, 5.74) is 9.15. The first-order valence-electron chi connectivity index (χ1n) is 4.78. The number of aryl methyl sites for hydroxylation is 1. The third-order valence-corrected chi connectivity index (χ3v) is 2.20. The molecule has 0 aliphatic rings. The second-order valence-corrected chi connectivity index (χ2v) is 3.27. The fourth-order valence-electron chi connectivity index (χ4n) is 1.34. The molecule has 0 atom stereocenters. The van der Waals surface area contributed by atoms with Gasteiger partial charge in [-0.25, -0.2) is 0 Å². The first-order valence-corrected chi connectivity index (χ1v) is 4.78. The standard InChI is InChI=1S/C12H17N/c1-3-5-6-11-9-10(4-2)7-8-12(11)13/h4,7-9H,2-3,5-6,13H2,1H3. The molecule has 0 bridgehead atoms.